The average molecular weight is 1110 g/mol. The van der Waals surface area contributed by atoms with Crippen molar-refractivity contribution in [3.8, 4) is 0 Å². The van der Waals surface area contributed by atoms with Crippen molar-refractivity contribution in [2.45, 2.75) is 226 Å². The summed E-state index contributed by atoms with van der Waals surface area (Å²) >= 11 is 0. The van der Waals surface area contributed by atoms with E-state index in [9.17, 15) is 28.9 Å². The van der Waals surface area contributed by atoms with E-state index in [-0.39, 0.29) is 25.9 Å². The van der Waals surface area contributed by atoms with Crippen molar-refractivity contribution in [3.05, 3.63) is 146 Å². The predicted octanol–water partition coefficient (Wildman–Crippen LogP) is 17.9. The van der Waals surface area contributed by atoms with Crippen molar-refractivity contribution in [2.24, 2.45) is 0 Å². The summed E-state index contributed by atoms with van der Waals surface area (Å²) in [6.45, 7) is 4.22. The minimum atomic E-state index is -4.80. The van der Waals surface area contributed by atoms with Crippen molar-refractivity contribution in [1.29, 1.82) is 0 Å². The minimum Gasteiger partial charge on any atom is -0.462 e. The maximum atomic E-state index is 12.9. The predicted molar refractivity (Wildman–Crippen MR) is 325 cm³/mol. The Morgan fingerprint density at radius 3 is 1.14 bits per heavy atom. The van der Waals surface area contributed by atoms with Gasteiger partial charge in [0.15, 0.2) is 6.10 Å². The van der Waals surface area contributed by atoms with Crippen LogP contribution in [0, 0.1) is 0 Å². The summed E-state index contributed by atoms with van der Waals surface area (Å²) in [7, 11) is -4.80. The van der Waals surface area contributed by atoms with Crippen molar-refractivity contribution in [2.75, 3.05) is 26.4 Å². The molecule has 0 aromatic carbocycles. The van der Waals surface area contributed by atoms with Crippen LogP contribution in [-0.2, 0) is 42.2 Å². The minimum absolute atomic E-state index is 0.0654. The lowest BCUT2D eigenvalue weighted by atomic mass is 10.1. The van der Waals surface area contributed by atoms with Crippen molar-refractivity contribution in [1.82, 2.24) is 0 Å². The van der Waals surface area contributed by atoms with Crippen molar-refractivity contribution < 1.29 is 52.2 Å². The Balaban J connectivity index is 4.89. The van der Waals surface area contributed by atoms with E-state index in [0.717, 1.165) is 122 Å². The zero-order chi connectivity index (χ0) is 56.9. The summed E-state index contributed by atoms with van der Waals surface area (Å²) in [6.07, 6.45) is 75.4. The number of aliphatic hydroxyl groups excluding tert-OH is 1. The molecule has 3 unspecified atom stereocenters. The number of phosphoric acid groups is 1. The number of hydrogen-bond acceptors (Lipinski definition) is 10. The standard InChI is InChI=1S/C66H105O11P/c1-4-7-10-13-16-19-22-25-28-30-31-33-35-37-40-43-46-49-52-55-64(68)73-59-63(77-66(70)57-54-51-48-45-42-39-36-32-29-26-23-20-17-14-11-8-5-2)61-75-78(71,72)74-60-62(58-67)76-65(69)56-53-50-47-44-41-38-34-27-24-21-18-15-12-9-6-3/h7,9-10,12,16-21,25-29,31,33-34,37,40-41,44,50,53,62-63,67H,4-6,8,11,13-15,22-24,30,32,35-36,38-39,42-43,45-49,51-52,54-61H2,1-3H3,(H,71,72)/b10-7-,12-9-,19-16-,20-17-,21-18-,28-25-,29-26-,33-31-,34-27-,40-37-,44-41-,53-50-. The Labute approximate surface area is 473 Å². The van der Waals surface area contributed by atoms with Gasteiger partial charge in [-0.2, -0.15) is 0 Å². The van der Waals surface area contributed by atoms with Gasteiger partial charge in [0.25, 0.3) is 0 Å². The van der Waals surface area contributed by atoms with E-state index in [0.29, 0.717) is 19.3 Å². The summed E-state index contributed by atoms with van der Waals surface area (Å²) in [5, 5.41) is 9.80. The van der Waals surface area contributed by atoms with E-state index < -0.39 is 57.8 Å². The van der Waals surface area contributed by atoms with E-state index in [1.165, 1.54) is 32.1 Å². The first-order valence-corrected chi connectivity index (χ1v) is 31.2. The van der Waals surface area contributed by atoms with Gasteiger partial charge in [0.05, 0.1) is 26.2 Å². The molecule has 0 fully saturated rings. The van der Waals surface area contributed by atoms with E-state index in [1.807, 2.05) is 18.2 Å². The number of aliphatic hydroxyl groups is 1. The molecule has 0 radical (unpaired) electrons. The third-order valence-corrected chi connectivity index (χ3v) is 12.7. The van der Waals surface area contributed by atoms with E-state index in [4.69, 9.17) is 23.3 Å². The quantitative estimate of drug-likeness (QED) is 0.0197. The molecule has 0 aliphatic carbocycles. The molecule has 440 valence electrons. The summed E-state index contributed by atoms with van der Waals surface area (Å²) in [6, 6.07) is 0. The number of esters is 3. The first-order chi connectivity index (χ1) is 38.2. The van der Waals surface area contributed by atoms with Gasteiger partial charge < -0.3 is 24.2 Å². The first kappa shape index (κ1) is 73.4. The lowest BCUT2D eigenvalue weighted by molar-refractivity contribution is -0.161. The highest BCUT2D eigenvalue weighted by Gasteiger charge is 2.28. The van der Waals surface area contributed by atoms with Crippen LogP contribution in [0.15, 0.2) is 146 Å². The molecule has 0 rings (SSSR count). The van der Waals surface area contributed by atoms with Gasteiger partial charge in [0, 0.05) is 12.8 Å². The molecule has 11 nitrogen and oxygen atoms in total. The van der Waals surface area contributed by atoms with Gasteiger partial charge >= 0.3 is 25.7 Å². The van der Waals surface area contributed by atoms with Crippen LogP contribution < -0.4 is 0 Å². The number of carbonyl (C=O) groups excluding carboxylic acids is 3. The summed E-state index contributed by atoms with van der Waals surface area (Å²) in [5.41, 5.74) is 0. The van der Waals surface area contributed by atoms with Crippen LogP contribution in [0.2, 0.25) is 0 Å². The lowest BCUT2D eigenvalue weighted by Gasteiger charge is -2.21. The van der Waals surface area contributed by atoms with Gasteiger partial charge in [-0.25, -0.2) is 4.57 Å². The Morgan fingerprint density at radius 2 is 0.718 bits per heavy atom. The first-order valence-electron chi connectivity index (χ1n) is 29.7. The van der Waals surface area contributed by atoms with Crippen LogP contribution in [0.1, 0.15) is 213 Å². The molecule has 0 saturated heterocycles. The highest BCUT2D eigenvalue weighted by atomic mass is 31.2. The molecule has 0 aromatic rings. The largest absolute Gasteiger partial charge is 0.472 e. The summed E-state index contributed by atoms with van der Waals surface area (Å²) in [4.78, 5) is 48.6. The molecule has 0 saturated carbocycles. The number of ether oxygens (including phenoxy) is 3. The Kier molecular flexibility index (Phi) is 55.0. The van der Waals surface area contributed by atoms with Gasteiger partial charge in [-0.1, -0.05) is 218 Å². The average Bonchev–Trinajstić information content (AvgIpc) is 3.43. The topological polar surface area (TPSA) is 155 Å². The monoisotopic (exact) mass is 1100 g/mol. The zero-order valence-electron chi connectivity index (χ0n) is 48.6. The maximum absolute atomic E-state index is 12.9. The fraction of sp³-hybridized carbons (Fsp3) is 0.591. The van der Waals surface area contributed by atoms with Gasteiger partial charge in [-0.05, 0) is 122 Å². The van der Waals surface area contributed by atoms with E-state index in [1.54, 1.807) is 6.08 Å². The van der Waals surface area contributed by atoms with Crippen LogP contribution in [0.4, 0.5) is 0 Å². The molecule has 0 aliphatic heterocycles. The molecule has 0 bridgehead atoms. The highest BCUT2D eigenvalue weighted by molar-refractivity contribution is 7.47. The molecule has 2 N–H and O–H groups in total. The molecule has 3 atom stereocenters. The lowest BCUT2D eigenvalue weighted by Crippen LogP contribution is -2.30. The summed E-state index contributed by atoms with van der Waals surface area (Å²) < 4.78 is 39.4. The van der Waals surface area contributed by atoms with Crippen LogP contribution in [-0.4, -0.2) is 66.5 Å². The smallest absolute Gasteiger partial charge is 0.462 e. The molecule has 0 spiro atoms. The number of unbranched alkanes of at least 4 members (excludes halogenated alkanes) is 13. The molecular weight excluding hydrogens is 1000 g/mol. The second-order valence-electron chi connectivity index (χ2n) is 19.1. The van der Waals surface area contributed by atoms with Gasteiger partial charge in [0.1, 0.15) is 12.7 Å². The van der Waals surface area contributed by atoms with E-state index >= 15 is 0 Å². The number of hydrogen-bond donors (Lipinski definition) is 2. The van der Waals surface area contributed by atoms with Crippen LogP contribution >= 0.6 is 7.82 Å². The third kappa shape index (κ3) is 56.1. The van der Waals surface area contributed by atoms with Gasteiger partial charge in [-0.15, -0.1) is 0 Å². The Bertz CT molecular complexity index is 1860. The van der Waals surface area contributed by atoms with Gasteiger partial charge in [0.2, 0.25) is 0 Å². The third-order valence-electron chi connectivity index (χ3n) is 11.8. The molecular formula is C66H105O11P. The van der Waals surface area contributed by atoms with Crippen molar-refractivity contribution in [3.63, 3.8) is 0 Å². The highest BCUT2D eigenvalue weighted by Crippen LogP contribution is 2.43. The molecule has 12 heteroatoms. The fourth-order valence-corrected chi connectivity index (χ4v) is 8.09. The number of rotatable bonds is 53. The summed E-state index contributed by atoms with van der Waals surface area (Å²) in [5.74, 6) is -1.67. The molecule has 0 aromatic heterocycles. The molecule has 0 amide bonds. The zero-order valence-corrected chi connectivity index (χ0v) is 49.5. The normalized spacial score (nSPS) is 14.4. The Hall–Kier alpha value is -4.64. The van der Waals surface area contributed by atoms with Crippen LogP contribution in [0.5, 0.6) is 0 Å². The van der Waals surface area contributed by atoms with Crippen molar-refractivity contribution >= 4 is 25.7 Å². The SMILES string of the molecule is CC/C=C\C/C=C\C/C=C\C/C=C\C/C=C\CCCCCC(=O)OCC(COP(=O)(O)OCC(CO)OC(=O)C/C=C\C/C=C\C/C=C\C/C=C\C/C=C\CC)OC(=O)CCCCCCCCC/C=C\C/C=C\CCCCC. The molecule has 78 heavy (non-hydrogen) atoms. The van der Waals surface area contributed by atoms with Gasteiger partial charge in [-0.3, -0.25) is 23.4 Å². The Morgan fingerprint density at radius 1 is 0.385 bits per heavy atom. The number of allylic oxidation sites excluding steroid dienone is 23. The fourth-order valence-electron chi connectivity index (χ4n) is 7.31. The number of carbonyl (C=O) groups is 3. The van der Waals surface area contributed by atoms with Crippen LogP contribution in [0.25, 0.3) is 0 Å². The maximum Gasteiger partial charge on any atom is 0.472 e. The second kappa shape index (κ2) is 58.5. The number of phosphoric ester groups is 1. The molecule has 0 aliphatic rings. The second-order valence-corrected chi connectivity index (χ2v) is 20.5. The van der Waals surface area contributed by atoms with Crippen LogP contribution in [0.3, 0.4) is 0 Å². The van der Waals surface area contributed by atoms with E-state index in [2.05, 4.69) is 142 Å². The molecule has 0 heterocycles.